The second-order valence-electron chi connectivity index (χ2n) is 5.07. The van der Waals surface area contributed by atoms with Gasteiger partial charge in [-0.25, -0.2) is 13.2 Å². The Morgan fingerprint density at radius 1 is 1.48 bits per heavy atom. The molecular weight excluding hydrogens is 316 g/mol. The number of nitrogens with zero attached hydrogens (tertiary/aromatic N) is 1. The zero-order valence-electron chi connectivity index (χ0n) is 12.2. The molecular formula is C12H22N2O5S2. The highest BCUT2D eigenvalue weighted by atomic mass is 32.2. The van der Waals surface area contributed by atoms with Crippen LogP contribution in [0.1, 0.15) is 20.3 Å². The topological polar surface area (TPSA) is 104 Å². The minimum absolute atomic E-state index is 0.0414. The molecule has 21 heavy (non-hydrogen) atoms. The number of rotatable bonds is 6. The number of carbonyl (C=O) groups excluding carboxylic acids is 1. The molecule has 1 aliphatic rings. The molecule has 122 valence electrons. The molecule has 0 aromatic rings. The average molecular weight is 338 g/mol. The number of urea groups is 1. The van der Waals surface area contributed by atoms with Crippen molar-refractivity contribution >= 4 is 33.6 Å². The predicted octanol–water partition coefficient (Wildman–Crippen LogP) is 0.411. The van der Waals surface area contributed by atoms with Crippen LogP contribution in [0.3, 0.4) is 0 Å². The van der Waals surface area contributed by atoms with Crippen molar-refractivity contribution in [3.05, 3.63) is 0 Å². The zero-order chi connectivity index (χ0) is 16.0. The van der Waals surface area contributed by atoms with Gasteiger partial charge in [-0.3, -0.25) is 4.79 Å². The first-order chi connectivity index (χ1) is 9.75. The molecule has 1 heterocycles. The van der Waals surface area contributed by atoms with Crippen LogP contribution < -0.4 is 5.32 Å². The highest BCUT2D eigenvalue weighted by molar-refractivity contribution is 7.99. The summed E-state index contributed by atoms with van der Waals surface area (Å²) in [5.41, 5.74) is 0. The first-order valence-electron chi connectivity index (χ1n) is 6.82. The lowest BCUT2D eigenvalue weighted by Gasteiger charge is -2.35. The van der Waals surface area contributed by atoms with Crippen LogP contribution in [0.2, 0.25) is 0 Å². The Labute approximate surface area is 129 Å². The van der Waals surface area contributed by atoms with Crippen LogP contribution in [0, 0.1) is 0 Å². The van der Waals surface area contributed by atoms with Crippen LogP contribution >= 0.6 is 11.8 Å². The number of nitrogens with one attached hydrogen (secondary N) is 1. The van der Waals surface area contributed by atoms with Crippen LogP contribution in [0.5, 0.6) is 0 Å². The van der Waals surface area contributed by atoms with Crippen molar-refractivity contribution < 1.29 is 23.1 Å². The third kappa shape index (κ3) is 6.13. The molecule has 7 nitrogen and oxygen atoms in total. The molecule has 1 fully saturated rings. The fourth-order valence-electron chi connectivity index (χ4n) is 2.15. The van der Waals surface area contributed by atoms with E-state index < -0.39 is 21.8 Å². The number of thioether (sulfide) groups is 1. The number of amides is 2. The van der Waals surface area contributed by atoms with E-state index in [0.29, 0.717) is 0 Å². The molecule has 0 bridgehead atoms. The van der Waals surface area contributed by atoms with Gasteiger partial charge in [-0.2, -0.15) is 11.8 Å². The standard InChI is InChI=1S/C12H22N2O5S2/c1-3-20-7-9(2)13-12(17)14-4-5-21(18,19)8-10(14)6-11(15)16/h9-10H,3-8H2,1-2H3,(H,13,17)(H,15,16). The number of hydrogen-bond donors (Lipinski definition) is 2. The number of carbonyl (C=O) groups is 2. The highest BCUT2D eigenvalue weighted by Gasteiger charge is 2.35. The molecule has 2 unspecified atom stereocenters. The predicted molar refractivity (Wildman–Crippen MR) is 82.4 cm³/mol. The Hall–Kier alpha value is -0.960. The molecule has 2 amide bonds. The molecule has 0 radical (unpaired) electrons. The molecule has 0 aliphatic carbocycles. The van der Waals surface area contributed by atoms with Crippen molar-refractivity contribution in [3.63, 3.8) is 0 Å². The second kappa shape index (κ2) is 7.88. The summed E-state index contributed by atoms with van der Waals surface area (Å²) < 4.78 is 23.2. The lowest BCUT2D eigenvalue weighted by Crippen LogP contribution is -2.56. The molecule has 0 aromatic heterocycles. The van der Waals surface area contributed by atoms with Gasteiger partial charge in [0.1, 0.15) is 0 Å². The molecule has 1 aliphatic heterocycles. The second-order valence-corrected chi connectivity index (χ2v) is 8.62. The van der Waals surface area contributed by atoms with Crippen molar-refractivity contribution in [2.75, 3.05) is 29.6 Å². The van der Waals surface area contributed by atoms with E-state index in [1.165, 1.54) is 4.90 Å². The van der Waals surface area contributed by atoms with E-state index in [2.05, 4.69) is 5.32 Å². The molecule has 2 N–H and O–H groups in total. The molecule has 2 atom stereocenters. The maximum absolute atomic E-state index is 12.2. The molecule has 9 heteroatoms. The van der Waals surface area contributed by atoms with E-state index >= 15 is 0 Å². The molecule has 1 rings (SSSR count). The molecule has 1 saturated heterocycles. The van der Waals surface area contributed by atoms with Gasteiger partial charge < -0.3 is 15.3 Å². The van der Waals surface area contributed by atoms with Gasteiger partial charge >= 0.3 is 12.0 Å². The van der Waals surface area contributed by atoms with E-state index in [1.54, 1.807) is 11.8 Å². The minimum Gasteiger partial charge on any atom is -0.481 e. The van der Waals surface area contributed by atoms with Gasteiger partial charge in [0.2, 0.25) is 0 Å². The lowest BCUT2D eigenvalue weighted by atomic mass is 10.2. The van der Waals surface area contributed by atoms with Crippen LogP contribution in [0.25, 0.3) is 0 Å². The Kier molecular flexibility index (Phi) is 6.79. The van der Waals surface area contributed by atoms with E-state index in [1.807, 2.05) is 13.8 Å². The fraction of sp³-hybridized carbons (Fsp3) is 0.833. The van der Waals surface area contributed by atoms with Crippen LogP contribution in [0.4, 0.5) is 4.79 Å². The number of carboxylic acid groups (broad SMARTS) is 1. The van der Waals surface area contributed by atoms with Gasteiger partial charge in [0.15, 0.2) is 9.84 Å². The van der Waals surface area contributed by atoms with Crippen molar-refractivity contribution in [1.29, 1.82) is 0 Å². The minimum atomic E-state index is -3.28. The summed E-state index contributed by atoms with van der Waals surface area (Å²) in [4.78, 5) is 24.4. The van der Waals surface area contributed by atoms with Crippen molar-refractivity contribution in [1.82, 2.24) is 10.2 Å². The smallest absolute Gasteiger partial charge is 0.317 e. The van der Waals surface area contributed by atoms with E-state index in [9.17, 15) is 18.0 Å². The summed E-state index contributed by atoms with van der Waals surface area (Å²) >= 11 is 1.69. The summed E-state index contributed by atoms with van der Waals surface area (Å²) in [6, 6.07) is -1.24. The fourth-order valence-corrected chi connectivity index (χ4v) is 4.35. The van der Waals surface area contributed by atoms with Crippen molar-refractivity contribution in [3.8, 4) is 0 Å². The first kappa shape index (κ1) is 18.1. The van der Waals surface area contributed by atoms with Gasteiger partial charge in [-0.15, -0.1) is 0 Å². The summed E-state index contributed by atoms with van der Waals surface area (Å²) in [5.74, 6) is 0.200. The largest absolute Gasteiger partial charge is 0.481 e. The highest BCUT2D eigenvalue weighted by Crippen LogP contribution is 2.15. The van der Waals surface area contributed by atoms with Gasteiger partial charge in [0.05, 0.1) is 24.0 Å². The van der Waals surface area contributed by atoms with Gasteiger partial charge in [0, 0.05) is 18.3 Å². The van der Waals surface area contributed by atoms with Crippen LogP contribution in [-0.2, 0) is 14.6 Å². The number of hydrogen-bond acceptors (Lipinski definition) is 5. The Morgan fingerprint density at radius 3 is 2.71 bits per heavy atom. The maximum Gasteiger partial charge on any atom is 0.317 e. The zero-order valence-corrected chi connectivity index (χ0v) is 13.9. The van der Waals surface area contributed by atoms with Gasteiger partial charge in [-0.05, 0) is 12.7 Å². The summed E-state index contributed by atoms with van der Waals surface area (Å²) in [5, 5.41) is 11.7. The molecule has 0 spiro atoms. The number of sulfone groups is 1. The SMILES string of the molecule is CCSCC(C)NC(=O)N1CCS(=O)(=O)CC1CC(=O)O. The van der Waals surface area contributed by atoms with E-state index in [-0.39, 0.29) is 36.5 Å². The Morgan fingerprint density at radius 2 is 2.14 bits per heavy atom. The lowest BCUT2D eigenvalue weighted by molar-refractivity contribution is -0.138. The molecule has 0 aromatic carbocycles. The molecule has 0 saturated carbocycles. The van der Waals surface area contributed by atoms with Crippen molar-refractivity contribution in [2.24, 2.45) is 0 Å². The van der Waals surface area contributed by atoms with Crippen LogP contribution in [0.15, 0.2) is 0 Å². The van der Waals surface area contributed by atoms with E-state index in [4.69, 9.17) is 5.11 Å². The maximum atomic E-state index is 12.2. The monoisotopic (exact) mass is 338 g/mol. The van der Waals surface area contributed by atoms with Gasteiger partial charge in [0.25, 0.3) is 0 Å². The number of aliphatic carboxylic acids is 1. The van der Waals surface area contributed by atoms with Crippen molar-refractivity contribution in [2.45, 2.75) is 32.4 Å². The summed E-state index contributed by atoms with van der Waals surface area (Å²) in [7, 11) is -3.28. The normalized spacial score (nSPS) is 22.6. The summed E-state index contributed by atoms with van der Waals surface area (Å²) in [6.45, 7) is 3.94. The van der Waals surface area contributed by atoms with Crippen LogP contribution in [-0.4, -0.2) is 72.1 Å². The number of carboxylic acids is 1. The Balaban J connectivity index is 2.68. The quantitative estimate of drug-likeness (QED) is 0.727. The van der Waals surface area contributed by atoms with E-state index in [0.717, 1.165) is 11.5 Å². The van der Waals surface area contributed by atoms with Gasteiger partial charge in [-0.1, -0.05) is 6.92 Å². The third-order valence-corrected chi connectivity index (χ3v) is 5.98. The third-order valence-electron chi connectivity index (χ3n) is 3.14. The Bertz CT molecular complexity index is 480. The summed E-state index contributed by atoms with van der Waals surface area (Å²) in [6.07, 6.45) is -0.356. The average Bonchev–Trinajstić information content (AvgIpc) is 2.34. The first-order valence-corrected chi connectivity index (χ1v) is 9.80.